The van der Waals surface area contributed by atoms with Gasteiger partial charge in [-0.3, -0.25) is 14.5 Å². The minimum Gasteiger partial charge on any atom is -0.300 e. The van der Waals surface area contributed by atoms with Gasteiger partial charge in [-0.2, -0.15) is 0 Å². The number of hydrogen-bond donors (Lipinski definition) is 1. The number of rotatable bonds is 5. The van der Waals surface area contributed by atoms with Gasteiger partial charge in [-0.1, -0.05) is 72.5 Å². The van der Waals surface area contributed by atoms with E-state index >= 15 is 0 Å². The lowest BCUT2D eigenvalue weighted by Gasteiger charge is -2.13. The highest BCUT2D eigenvalue weighted by Crippen LogP contribution is 2.33. The molecule has 1 saturated heterocycles. The molecule has 0 aliphatic carbocycles. The molecule has 4 rings (SSSR count). The first kappa shape index (κ1) is 20.4. The quantitative estimate of drug-likeness (QED) is 0.443. The number of nitrogens with zero attached hydrogens (tertiary/aromatic N) is 2. The number of carbonyl (C=O) groups excluding carboxylic acids is 2. The summed E-state index contributed by atoms with van der Waals surface area (Å²) in [6, 6.07) is 15.8. The number of thiazole rings is 1. The molecule has 1 N–H and O–H groups in total. The van der Waals surface area contributed by atoms with Gasteiger partial charge < -0.3 is 5.32 Å². The number of thioether (sulfide) groups is 1. The summed E-state index contributed by atoms with van der Waals surface area (Å²) in [6.45, 7) is -0.237. The third-order valence-corrected chi connectivity index (χ3v) is 6.32. The molecule has 30 heavy (non-hydrogen) atoms. The van der Waals surface area contributed by atoms with E-state index in [9.17, 15) is 14.0 Å². The number of thiocarbonyl (C=S) groups is 1. The maximum atomic E-state index is 13.9. The predicted molar refractivity (Wildman–Crippen MR) is 122 cm³/mol. The van der Waals surface area contributed by atoms with Crippen LogP contribution in [-0.2, 0) is 9.59 Å². The molecule has 1 aliphatic heterocycles. The monoisotopic (exact) mass is 455 g/mol. The van der Waals surface area contributed by atoms with Crippen LogP contribution >= 0.6 is 35.3 Å². The minimum absolute atomic E-state index is 0.237. The molecule has 3 aromatic rings. The van der Waals surface area contributed by atoms with Crippen molar-refractivity contribution in [3.8, 4) is 11.3 Å². The van der Waals surface area contributed by atoms with E-state index in [1.54, 1.807) is 18.2 Å². The van der Waals surface area contributed by atoms with Gasteiger partial charge in [0.25, 0.3) is 5.91 Å². The number of halogens is 1. The summed E-state index contributed by atoms with van der Waals surface area (Å²) in [6.07, 6.45) is 1.44. The van der Waals surface area contributed by atoms with E-state index in [4.69, 9.17) is 12.2 Å². The molecule has 0 atom stereocenters. The molecule has 9 heteroatoms. The zero-order valence-corrected chi connectivity index (χ0v) is 17.8. The van der Waals surface area contributed by atoms with Gasteiger partial charge in [-0.25, -0.2) is 9.37 Å². The first-order chi connectivity index (χ1) is 14.5. The smallest absolute Gasteiger partial charge is 0.266 e. The van der Waals surface area contributed by atoms with Crippen LogP contribution < -0.4 is 5.32 Å². The average molecular weight is 456 g/mol. The van der Waals surface area contributed by atoms with Crippen LogP contribution in [-0.4, -0.2) is 32.6 Å². The van der Waals surface area contributed by atoms with Crippen LogP contribution in [0.1, 0.15) is 5.56 Å². The second kappa shape index (κ2) is 8.86. The molecule has 1 aromatic heterocycles. The van der Waals surface area contributed by atoms with Crippen molar-refractivity contribution in [1.82, 2.24) is 9.88 Å². The highest BCUT2D eigenvalue weighted by Gasteiger charge is 2.33. The van der Waals surface area contributed by atoms with Crippen molar-refractivity contribution in [3.05, 3.63) is 76.3 Å². The molecule has 2 amide bonds. The van der Waals surface area contributed by atoms with Crippen LogP contribution in [0.4, 0.5) is 9.52 Å². The molecule has 0 unspecified atom stereocenters. The van der Waals surface area contributed by atoms with Gasteiger partial charge in [0.1, 0.15) is 16.7 Å². The molecule has 0 radical (unpaired) electrons. The second-order valence-corrected chi connectivity index (χ2v) is 8.78. The van der Waals surface area contributed by atoms with E-state index in [1.807, 2.05) is 35.7 Å². The van der Waals surface area contributed by atoms with Gasteiger partial charge >= 0.3 is 0 Å². The van der Waals surface area contributed by atoms with Gasteiger partial charge in [0.15, 0.2) is 5.13 Å². The van der Waals surface area contributed by atoms with E-state index in [-0.39, 0.29) is 15.8 Å². The number of anilines is 1. The summed E-state index contributed by atoms with van der Waals surface area (Å²) in [5.74, 6) is -1.27. The standard InChI is InChI=1S/C21H14FN3O2S3/c22-15-9-5-4-8-14(15)10-17-19(27)25(21(28)30-17)11-18(26)24-20-23-16(12-29-20)13-6-2-1-3-7-13/h1-10,12H,11H2,(H,23,24,26)/b17-10+. The predicted octanol–water partition coefficient (Wildman–Crippen LogP) is 4.79. The van der Waals surface area contributed by atoms with Gasteiger partial charge in [0.2, 0.25) is 5.91 Å². The summed E-state index contributed by atoms with van der Waals surface area (Å²) in [7, 11) is 0. The highest BCUT2D eigenvalue weighted by atomic mass is 32.2. The summed E-state index contributed by atoms with van der Waals surface area (Å²) in [5.41, 5.74) is 2.00. The van der Waals surface area contributed by atoms with Crippen molar-refractivity contribution < 1.29 is 14.0 Å². The van der Waals surface area contributed by atoms with Crippen LogP contribution in [0.3, 0.4) is 0 Å². The number of carbonyl (C=O) groups is 2. The van der Waals surface area contributed by atoms with Crippen LogP contribution in [0.5, 0.6) is 0 Å². The maximum absolute atomic E-state index is 13.9. The number of aromatic nitrogens is 1. The Morgan fingerprint density at radius 1 is 1.17 bits per heavy atom. The molecule has 150 valence electrons. The van der Waals surface area contributed by atoms with E-state index in [1.165, 1.54) is 28.4 Å². The summed E-state index contributed by atoms with van der Waals surface area (Å²) < 4.78 is 14.1. The van der Waals surface area contributed by atoms with Crippen LogP contribution in [0.2, 0.25) is 0 Å². The lowest BCUT2D eigenvalue weighted by atomic mass is 10.2. The summed E-state index contributed by atoms with van der Waals surface area (Å²) in [5, 5.41) is 4.99. The Morgan fingerprint density at radius 3 is 2.67 bits per heavy atom. The molecule has 0 saturated carbocycles. The van der Waals surface area contributed by atoms with Crippen LogP contribution in [0.15, 0.2) is 64.9 Å². The van der Waals surface area contributed by atoms with Gasteiger partial charge in [-0.05, 0) is 12.1 Å². The van der Waals surface area contributed by atoms with Gasteiger partial charge in [-0.15, -0.1) is 11.3 Å². The maximum Gasteiger partial charge on any atom is 0.266 e. The molecule has 2 aromatic carbocycles. The molecule has 5 nitrogen and oxygen atoms in total. The normalized spacial score (nSPS) is 15.1. The largest absolute Gasteiger partial charge is 0.300 e. The fourth-order valence-electron chi connectivity index (χ4n) is 2.74. The highest BCUT2D eigenvalue weighted by molar-refractivity contribution is 8.26. The fourth-order valence-corrected chi connectivity index (χ4v) is 4.73. The number of nitrogens with one attached hydrogen (secondary N) is 1. The second-order valence-electron chi connectivity index (χ2n) is 6.24. The van der Waals surface area contributed by atoms with Crippen LogP contribution in [0.25, 0.3) is 17.3 Å². The Kier molecular flexibility index (Phi) is 6.03. The van der Waals surface area contributed by atoms with Crippen molar-refractivity contribution in [2.75, 3.05) is 11.9 Å². The topological polar surface area (TPSA) is 62.3 Å². The number of hydrogen-bond acceptors (Lipinski definition) is 6. The average Bonchev–Trinajstić information content (AvgIpc) is 3.30. The molecule has 1 fully saturated rings. The Labute approximate surface area is 185 Å². The molecular weight excluding hydrogens is 441 g/mol. The van der Waals surface area contributed by atoms with E-state index in [2.05, 4.69) is 10.3 Å². The lowest BCUT2D eigenvalue weighted by Crippen LogP contribution is -2.36. The Bertz CT molecular complexity index is 1160. The summed E-state index contributed by atoms with van der Waals surface area (Å²) >= 11 is 7.58. The number of benzene rings is 2. The van der Waals surface area contributed by atoms with Gasteiger partial charge in [0, 0.05) is 16.5 Å². The minimum atomic E-state index is -0.432. The molecule has 1 aliphatic rings. The van der Waals surface area contributed by atoms with Crippen molar-refractivity contribution in [2.45, 2.75) is 0 Å². The zero-order valence-electron chi connectivity index (χ0n) is 15.4. The van der Waals surface area contributed by atoms with E-state index < -0.39 is 17.6 Å². The van der Waals surface area contributed by atoms with E-state index in [0.29, 0.717) is 10.7 Å². The summed E-state index contributed by atoms with van der Waals surface area (Å²) in [4.78, 5) is 31.0. The van der Waals surface area contributed by atoms with Crippen LogP contribution in [0, 0.1) is 5.82 Å². The molecule has 0 spiro atoms. The zero-order chi connectivity index (χ0) is 21.1. The fraction of sp³-hybridized carbons (Fsp3) is 0.0476. The first-order valence-corrected chi connectivity index (χ1v) is 10.9. The van der Waals surface area contributed by atoms with Crippen molar-refractivity contribution >= 4 is 62.7 Å². The van der Waals surface area contributed by atoms with Crippen molar-refractivity contribution in [2.24, 2.45) is 0 Å². The number of amides is 2. The van der Waals surface area contributed by atoms with E-state index in [0.717, 1.165) is 23.0 Å². The van der Waals surface area contributed by atoms with Gasteiger partial charge in [0.05, 0.1) is 10.6 Å². The Balaban J connectivity index is 1.42. The lowest BCUT2D eigenvalue weighted by molar-refractivity contribution is -0.126. The molecular formula is C21H14FN3O2S3. The molecule has 0 bridgehead atoms. The Morgan fingerprint density at radius 2 is 1.90 bits per heavy atom. The Hall–Kier alpha value is -2.88. The SMILES string of the molecule is O=C(CN1C(=O)/C(=C\c2ccccc2F)SC1=S)Nc1nc(-c2ccccc2)cs1. The third kappa shape index (κ3) is 4.48. The van der Waals surface area contributed by atoms with Crippen molar-refractivity contribution in [3.63, 3.8) is 0 Å². The molecule has 2 heterocycles. The van der Waals surface area contributed by atoms with Crippen molar-refractivity contribution in [1.29, 1.82) is 0 Å². The third-order valence-electron chi connectivity index (χ3n) is 4.19. The first-order valence-electron chi connectivity index (χ1n) is 8.82.